The first-order valence-electron chi connectivity index (χ1n) is 8.12. The molecule has 0 saturated heterocycles. The summed E-state index contributed by atoms with van der Waals surface area (Å²) in [5, 5.41) is 3.31. The Labute approximate surface area is 161 Å². The molecule has 0 aliphatic rings. The Balaban J connectivity index is 1.74. The molecule has 3 amide bonds. The second-order valence-electron chi connectivity index (χ2n) is 5.55. The van der Waals surface area contributed by atoms with Crippen molar-refractivity contribution in [1.82, 2.24) is 5.32 Å². The number of benzene rings is 2. The number of urea groups is 1. The molecule has 0 unspecified atom stereocenters. The summed E-state index contributed by atoms with van der Waals surface area (Å²) in [5.41, 5.74) is 1.56. The summed E-state index contributed by atoms with van der Waals surface area (Å²) in [6.45, 7) is 0.431. The molecule has 0 radical (unpaired) electrons. The Hall–Kier alpha value is -2.63. The lowest BCUT2D eigenvalue weighted by molar-refractivity contribution is 0.0994. The lowest BCUT2D eigenvalue weighted by Gasteiger charge is -2.20. The minimum atomic E-state index is -0.465. The number of nitrogens with one attached hydrogen (secondary N) is 1. The molecule has 6 heteroatoms. The van der Waals surface area contributed by atoms with Crippen LogP contribution in [0.1, 0.15) is 15.9 Å². The number of anilines is 1. The van der Waals surface area contributed by atoms with Crippen molar-refractivity contribution in [2.24, 2.45) is 0 Å². The average molecular weight is 385 g/mol. The number of nitrogens with zero attached hydrogens (tertiary/aromatic N) is 1. The van der Waals surface area contributed by atoms with Gasteiger partial charge in [0.15, 0.2) is 0 Å². The van der Waals surface area contributed by atoms with Gasteiger partial charge in [0, 0.05) is 12.1 Å². The van der Waals surface area contributed by atoms with E-state index in [0.717, 1.165) is 10.5 Å². The first-order chi connectivity index (χ1) is 12.6. The normalized spacial score (nSPS) is 10.3. The van der Waals surface area contributed by atoms with Gasteiger partial charge in [0.2, 0.25) is 0 Å². The van der Waals surface area contributed by atoms with Crippen molar-refractivity contribution in [2.45, 2.75) is 6.42 Å². The third-order valence-corrected chi connectivity index (χ3v) is 4.96. The van der Waals surface area contributed by atoms with Gasteiger partial charge in [-0.3, -0.25) is 4.79 Å². The van der Waals surface area contributed by atoms with E-state index in [1.807, 2.05) is 36.4 Å². The first kappa shape index (κ1) is 18.2. The molecule has 1 heterocycles. The predicted molar refractivity (Wildman–Crippen MR) is 106 cm³/mol. The van der Waals surface area contributed by atoms with Crippen molar-refractivity contribution >= 4 is 39.9 Å². The molecule has 26 heavy (non-hydrogen) atoms. The molecule has 0 spiro atoms. The lowest BCUT2D eigenvalue weighted by atomic mass is 10.1. The Morgan fingerprint density at radius 1 is 0.923 bits per heavy atom. The van der Waals surface area contributed by atoms with E-state index >= 15 is 0 Å². The zero-order valence-electron chi connectivity index (χ0n) is 13.9. The second kappa shape index (κ2) is 8.65. The van der Waals surface area contributed by atoms with E-state index < -0.39 is 6.03 Å². The highest BCUT2D eigenvalue weighted by Gasteiger charge is 2.25. The van der Waals surface area contributed by atoms with E-state index in [2.05, 4.69) is 5.32 Å². The standard InChI is InChI=1S/C20H17ClN2O2S/c21-17-11-12-18(26-17)23(19(24)16-9-5-2-6-10-16)20(25)22-14-13-15-7-3-1-4-8-15/h1-12H,13-14H2,(H,22,25). The Kier molecular flexibility index (Phi) is 6.04. The lowest BCUT2D eigenvalue weighted by Crippen LogP contribution is -2.44. The number of carbonyl (C=O) groups is 2. The monoisotopic (exact) mass is 384 g/mol. The molecular formula is C20H17ClN2O2S. The van der Waals surface area contributed by atoms with Gasteiger partial charge in [0.05, 0.1) is 4.34 Å². The molecule has 4 nitrogen and oxygen atoms in total. The summed E-state index contributed by atoms with van der Waals surface area (Å²) in [6.07, 6.45) is 0.686. The highest BCUT2D eigenvalue weighted by atomic mass is 35.5. The van der Waals surface area contributed by atoms with Crippen LogP contribution in [0.5, 0.6) is 0 Å². The van der Waals surface area contributed by atoms with E-state index in [1.54, 1.807) is 36.4 Å². The van der Waals surface area contributed by atoms with Crippen molar-refractivity contribution in [3.05, 3.63) is 88.3 Å². The van der Waals surface area contributed by atoms with Crippen LogP contribution >= 0.6 is 22.9 Å². The van der Waals surface area contributed by atoms with E-state index in [4.69, 9.17) is 11.6 Å². The van der Waals surface area contributed by atoms with Gasteiger partial charge in [-0.25, -0.2) is 9.69 Å². The molecule has 0 saturated carbocycles. The molecule has 0 fully saturated rings. The van der Waals surface area contributed by atoms with Crippen LogP contribution in [0, 0.1) is 0 Å². The number of amides is 3. The van der Waals surface area contributed by atoms with Crippen LogP contribution in [-0.4, -0.2) is 18.5 Å². The summed E-state index contributed by atoms with van der Waals surface area (Å²) in [4.78, 5) is 26.7. The molecule has 1 N–H and O–H groups in total. The zero-order chi connectivity index (χ0) is 18.4. The van der Waals surface area contributed by atoms with Crippen molar-refractivity contribution in [2.75, 3.05) is 11.4 Å². The number of halogens is 1. The minimum Gasteiger partial charge on any atom is -0.337 e. The van der Waals surface area contributed by atoms with Crippen LogP contribution in [0.3, 0.4) is 0 Å². The average Bonchev–Trinajstić information content (AvgIpc) is 3.09. The maximum atomic E-state index is 12.9. The van der Waals surface area contributed by atoms with Crippen molar-refractivity contribution in [3.63, 3.8) is 0 Å². The van der Waals surface area contributed by atoms with Crippen LogP contribution < -0.4 is 10.2 Å². The first-order valence-corrected chi connectivity index (χ1v) is 9.31. The molecular weight excluding hydrogens is 368 g/mol. The maximum absolute atomic E-state index is 12.9. The highest BCUT2D eigenvalue weighted by Crippen LogP contribution is 2.30. The molecule has 2 aromatic carbocycles. The third kappa shape index (κ3) is 4.50. The number of rotatable bonds is 5. The van der Waals surface area contributed by atoms with E-state index in [-0.39, 0.29) is 5.91 Å². The van der Waals surface area contributed by atoms with Crippen LogP contribution in [0.2, 0.25) is 4.34 Å². The summed E-state index contributed by atoms with van der Waals surface area (Å²) in [7, 11) is 0. The maximum Gasteiger partial charge on any atom is 0.329 e. The number of hydrogen-bond donors (Lipinski definition) is 1. The molecule has 0 aliphatic heterocycles. The van der Waals surface area contributed by atoms with Crippen LogP contribution in [0.4, 0.5) is 9.80 Å². The highest BCUT2D eigenvalue weighted by molar-refractivity contribution is 7.20. The van der Waals surface area contributed by atoms with Crippen LogP contribution in [0.15, 0.2) is 72.8 Å². The van der Waals surface area contributed by atoms with Gasteiger partial charge in [-0.2, -0.15) is 0 Å². The second-order valence-corrected chi connectivity index (χ2v) is 7.25. The molecule has 0 atom stereocenters. The minimum absolute atomic E-state index is 0.388. The van der Waals surface area contributed by atoms with E-state index in [9.17, 15) is 9.59 Å². The fourth-order valence-corrected chi connectivity index (χ4v) is 3.49. The van der Waals surface area contributed by atoms with Gasteiger partial charge in [-0.1, -0.05) is 60.1 Å². The molecule has 3 rings (SSSR count). The van der Waals surface area contributed by atoms with Crippen LogP contribution in [0.25, 0.3) is 0 Å². The summed E-state index contributed by atoms with van der Waals surface area (Å²) in [6, 6.07) is 21.4. The van der Waals surface area contributed by atoms with Gasteiger partial charge in [-0.15, -0.1) is 11.3 Å². The number of thiophene rings is 1. The number of carbonyl (C=O) groups excluding carboxylic acids is 2. The van der Waals surface area contributed by atoms with Crippen LogP contribution in [-0.2, 0) is 6.42 Å². The van der Waals surface area contributed by atoms with Gasteiger partial charge in [0.1, 0.15) is 5.00 Å². The van der Waals surface area contributed by atoms with Gasteiger partial charge >= 0.3 is 6.03 Å². The van der Waals surface area contributed by atoms with Crippen molar-refractivity contribution in [3.8, 4) is 0 Å². The number of imide groups is 1. The van der Waals surface area contributed by atoms with E-state index in [1.165, 1.54) is 11.3 Å². The SMILES string of the molecule is O=C(NCCc1ccccc1)N(C(=O)c1ccccc1)c1ccc(Cl)s1. The summed E-state index contributed by atoms with van der Waals surface area (Å²) in [5.74, 6) is -0.388. The Morgan fingerprint density at radius 2 is 1.58 bits per heavy atom. The zero-order valence-corrected chi connectivity index (χ0v) is 15.5. The van der Waals surface area contributed by atoms with E-state index in [0.29, 0.717) is 27.9 Å². The van der Waals surface area contributed by atoms with Gasteiger partial charge < -0.3 is 5.32 Å². The molecule has 0 bridgehead atoms. The summed E-state index contributed by atoms with van der Waals surface area (Å²) >= 11 is 7.18. The largest absolute Gasteiger partial charge is 0.337 e. The fraction of sp³-hybridized carbons (Fsp3) is 0.100. The molecule has 3 aromatic rings. The van der Waals surface area contributed by atoms with Crippen molar-refractivity contribution in [1.29, 1.82) is 0 Å². The number of hydrogen-bond acceptors (Lipinski definition) is 3. The quantitative estimate of drug-likeness (QED) is 0.672. The fourth-order valence-electron chi connectivity index (χ4n) is 2.46. The summed E-state index contributed by atoms with van der Waals surface area (Å²) < 4.78 is 0.517. The molecule has 0 aliphatic carbocycles. The van der Waals surface area contributed by atoms with Gasteiger partial charge in [0.25, 0.3) is 5.91 Å². The topological polar surface area (TPSA) is 49.4 Å². The Bertz CT molecular complexity index is 881. The molecule has 1 aromatic heterocycles. The Morgan fingerprint density at radius 3 is 2.19 bits per heavy atom. The van der Waals surface area contributed by atoms with Crippen molar-refractivity contribution < 1.29 is 9.59 Å². The smallest absolute Gasteiger partial charge is 0.329 e. The van der Waals surface area contributed by atoms with Gasteiger partial charge in [-0.05, 0) is 36.2 Å². The predicted octanol–water partition coefficient (Wildman–Crippen LogP) is 5.00. The molecule has 132 valence electrons. The third-order valence-electron chi connectivity index (χ3n) is 3.74.